The Kier molecular flexibility index (Phi) is 6.31. The molecule has 8 heteroatoms. The van der Waals surface area contributed by atoms with E-state index in [1.807, 2.05) is 36.0 Å². The molecule has 27 heavy (non-hydrogen) atoms. The molecule has 0 fully saturated rings. The highest BCUT2D eigenvalue weighted by atomic mass is 32.1. The van der Waals surface area contributed by atoms with Gasteiger partial charge in [0.2, 0.25) is 0 Å². The van der Waals surface area contributed by atoms with Crippen LogP contribution in [0.15, 0.2) is 36.8 Å². The lowest BCUT2D eigenvalue weighted by Gasteiger charge is -2.17. The number of anilines is 1. The van der Waals surface area contributed by atoms with Gasteiger partial charge in [0.1, 0.15) is 9.88 Å². The number of nitrogens with one attached hydrogen (secondary N) is 1. The van der Waals surface area contributed by atoms with Gasteiger partial charge in [-0.2, -0.15) is 5.10 Å². The fourth-order valence-electron chi connectivity index (χ4n) is 2.73. The predicted molar refractivity (Wildman–Crippen MR) is 108 cm³/mol. The minimum atomic E-state index is -0.171. The summed E-state index contributed by atoms with van der Waals surface area (Å²) < 4.78 is 1.85. The van der Waals surface area contributed by atoms with Gasteiger partial charge < -0.3 is 10.2 Å². The highest BCUT2D eigenvalue weighted by Crippen LogP contribution is 2.27. The summed E-state index contributed by atoms with van der Waals surface area (Å²) in [5.41, 5.74) is 2.16. The van der Waals surface area contributed by atoms with Crippen molar-refractivity contribution in [2.45, 2.75) is 27.3 Å². The fraction of sp³-hybridized carbons (Fsp3) is 0.368. The van der Waals surface area contributed by atoms with E-state index in [-0.39, 0.29) is 5.91 Å². The number of amides is 1. The average Bonchev–Trinajstić information content (AvgIpc) is 3.30. The maximum absolute atomic E-state index is 12.6. The molecule has 0 saturated carbocycles. The van der Waals surface area contributed by atoms with Crippen LogP contribution in [0.25, 0.3) is 10.7 Å². The molecule has 0 radical (unpaired) electrons. The number of hydrogen-bond acceptors (Lipinski definition) is 6. The first-order valence-corrected chi connectivity index (χ1v) is 9.87. The van der Waals surface area contributed by atoms with E-state index in [2.05, 4.69) is 39.1 Å². The fourth-order valence-corrected chi connectivity index (χ4v) is 3.67. The van der Waals surface area contributed by atoms with Crippen molar-refractivity contribution in [3.63, 3.8) is 0 Å². The van der Waals surface area contributed by atoms with Crippen molar-refractivity contribution in [3.8, 4) is 10.7 Å². The van der Waals surface area contributed by atoms with Crippen LogP contribution in [0, 0.1) is 6.92 Å². The zero-order chi connectivity index (χ0) is 19.2. The van der Waals surface area contributed by atoms with Crippen molar-refractivity contribution >= 4 is 22.9 Å². The summed E-state index contributed by atoms with van der Waals surface area (Å²) in [6.45, 7) is 9.90. The first kappa shape index (κ1) is 19.2. The maximum Gasteiger partial charge on any atom is 0.267 e. The number of rotatable bonds is 8. The molecule has 1 N–H and O–H groups in total. The normalized spacial score (nSPS) is 11.1. The lowest BCUT2D eigenvalue weighted by Crippen LogP contribution is -2.27. The molecule has 3 rings (SSSR count). The topological polar surface area (TPSA) is 75.9 Å². The van der Waals surface area contributed by atoms with E-state index in [0.29, 0.717) is 16.3 Å². The van der Waals surface area contributed by atoms with Crippen LogP contribution < -0.4 is 5.32 Å². The van der Waals surface area contributed by atoms with Crippen LogP contribution in [0.1, 0.15) is 29.2 Å². The van der Waals surface area contributed by atoms with Crippen LogP contribution in [0.4, 0.5) is 5.69 Å². The molecule has 0 aliphatic heterocycles. The molecule has 3 aromatic heterocycles. The number of pyridine rings is 1. The Balaban J connectivity index is 1.65. The molecule has 0 aliphatic carbocycles. The largest absolute Gasteiger partial charge is 0.319 e. The molecule has 3 heterocycles. The summed E-state index contributed by atoms with van der Waals surface area (Å²) in [5.74, 6) is -0.171. The summed E-state index contributed by atoms with van der Waals surface area (Å²) in [6, 6.07) is 5.65. The Morgan fingerprint density at radius 2 is 2.11 bits per heavy atom. The lowest BCUT2D eigenvalue weighted by atomic mass is 10.3. The highest BCUT2D eigenvalue weighted by Gasteiger charge is 2.17. The molecule has 142 valence electrons. The molecule has 7 nitrogen and oxygen atoms in total. The molecule has 3 aromatic rings. The van der Waals surface area contributed by atoms with Gasteiger partial charge in [0.15, 0.2) is 0 Å². The van der Waals surface area contributed by atoms with Gasteiger partial charge in [0.25, 0.3) is 5.91 Å². The van der Waals surface area contributed by atoms with Crippen LogP contribution in [-0.2, 0) is 6.54 Å². The van der Waals surface area contributed by atoms with Crippen molar-refractivity contribution in [2.24, 2.45) is 0 Å². The monoisotopic (exact) mass is 384 g/mol. The van der Waals surface area contributed by atoms with E-state index in [1.54, 1.807) is 12.4 Å². The minimum Gasteiger partial charge on any atom is -0.319 e. The number of likely N-dealkylation sites (N-methyl/N-ethyl adjacent to an activating group) is 1. The van der Waals surface area contributed by atoms with Gasteiger partial charge >= 0.3 is 0 Å². The van der Waals surface area contributed by atoms with Gasteiger partial charge in [-0.05, 0) is 32.1 Å². The molecule has 0 unspecified atom stereocenters. The standard InChI is InChI=1S/C19H24N6OS/c1-4-24(5-2)10-11-25-13-15(12-21-25)23-18(26)17-14(3)22-19(27-17)16-8-6-7-9-20-16/h6-9,12-13H,4-5,10-11H2,1-3H3,(H,23,26). The third-order valence-corrected chi connectivity index (χ3v) is 5.50. The van der Waals surface area contributed by atoms with E-state index in [4.69, 9.17) is 0 Å². The predicted octanol–water partition coefficient (Wildman–Crippen LogP) is 3.30. The highest BCUT2D eigenvalue weighted by molar-refractivity contribution is 7.17. The molecular weight excluding hydrogens is 360 g/mol. The van der Waals surface area contributed by atoms with Gasteiger partial charge in [-0.25, -0.2) is 4.98 Å². The summed E-state index contributed by atoms with van der Waals surface area (Å²) in [4.78, 5) is 24.3. The van der Waals surface area contributed by atoms with Crippen molar-refractivity contribution in [1.29, 1.82) is 0 Å². The Morgan fingerprint density at radius 1 is 1.30 bits per heavy atom. The zero-order valence-electron chi connectivity index (χ0n) is 15.8. The molecule has 0 bridgehead atoms. The zero-order valence-corrected chi connectivity index (χ0v) is 16.7. The molecule has 0 spiro atoms. The number of thiazole rings is 1. The van der Waals surface area contributed by atoms with Gasteiger partial charge in [-0.3, -0.25) is 14.5 Å². The number of aromatic nitrogens is 4. The maximum atomic E-state index is 12.6. The second-order valence-corrected chi connectivity index (χ2v) is 7.12. The first-order valence-electron chi connectivity index (χ1n) is 9.05. The Labute approximate surface area is 163 Å². The van der Waals surface area contributed by atoms with Crippen LogP contribution >= 0.6 is 11.3 Å². The van der Waals surface area contributed by atoms with Gasteiger partial charge in [0, 0.05) is 18.9 Å². The second-order valence-electron chi connectivity index (χ2n) is 6.12. The number of nitrogens with zero attached hydrogens (tertiary/aromatic N) is 5. The number of aryl methyl sites for hydroxylation is 1. The smallest absolute Gasteiger partial charge is 0.267 e. The Morgan fingerprint density at radius 3 is 2.81 bits per heavy atom. The van der Waals surface area contributed by atoms with Gasteiger partial charge in [-0.15, -0.1) is 11.3 Å². The van der Waals surface area contributed by atoms with Crippen molar-refractivity contribution < 1.29 is 4.79 Å². The Bertz CT molecular complexity index is 885. The van der Waals surface area contributed by atoms with Crippen molar-refractivity contribution in [3.05, 3.63) is 47.4 Å². The third kappa shape index (κ3) is 4.78. The van der Waals surface area contributed by atoms with Crippen LogP contribution in [0.2, 0.25) is 0 Å². The van der Waals surface area contributed by atoms with Crippen molar-refractivity contribution in [2.75, 3.05) is 25.0 Å². The molecule has 0 saturated heterocycles. The molecule has 0 atom stereocenters. The SMILES string of the molecule is CCN(CC)CCn1cc(NC(=O)c2sc(-c3ccccn3)nc2C)cn1. The second kappa shape index (κ2) is 8.88. The quantitative estimate of drug-likeness (QED) is 0.645. The number of hydrogen-bond donors (Lipinski definition) is 1. The third-order valence-electron chi connectivity index (χ3n) is 4.32. The van der Waals surface area contributed by atoms with Gasteiger partial charge in [0.05, 0.1) is 29.8 Å². The number of carbonyl (C=O) groups excluding carboxylic acids is 1. The van der Waals surface area contributed by atoms with Crippen LogP contribution in [0.5, 0.6) is 0 Å². The van der Waals surface area contributed by atoms with E-state index >= 15 is 0 Å². The minimum absolute atomic E-state index is 0.171. The average molecular weight is 385 g/mol. The van der Waals surface area contributed by atoms with E-state index < -0.39 is 0 Å². The van der Waals surface area contributed by atoms with Gasteiger partial charge in [-0.1, -0.05) is 19.9 Å². The van der Waals surface area contributed by atoms with E-state index in [9.17, 15) is 4.79 Å². The summed E-state index contributed by atoms with van der Waals surface area (Å²) in [6.07, 6.45) is 5.26. The molecule has 1 amide bonds. The van der Waals surface area contributed by atoms with E-state index in [0.717, 1.165) is 36.9 Å². The molecule has 0 aromatic carbocycles. The summed E-state index contributed by atoms with van der Waals surface area (Å²) in [5, 5.41) is 7.99. The first-order chi connectivity index (χ1) is 13.1. The van der Waals surface area contributed by atoms with Crippen LogP contribution in [0.3, 0.4) is 0 Å². The summed E-state index contributed by atoms with van der Waals surface area (Å²) >= 11 is 1.35. The molecular formula is C19H24N6OS. The Hall–Kier alpha value is -2.58. The van der Waals surface area contributed by atoms with E-state index in [1.165, 1.54) is 11.3 Å². The number of carbonyl (C=O) groups is 1. The van der Waals surface area contributed by atoms with Crippen molar-refractivity contribution in [1.82, 2.24) is 24.6 Å². The van der Waals surface area contributed by atoms with Crippen LogP contribution in [-0.4, -0.2) is 50.2 Å². The lowest BCUT2D eigenvalue weighted by molar-refractivity contribution is 0.103. The summed E-state index contributed by atoms with van der Waals surface area (Å²) in [7, 11) is 0. The molecule has 0 aliphatic rings.